The number of hydrogen-bond donors (Lipinski definition) is 2. The third-order valence-corrected chi connectivity index (χ3v) is 4.07. The van der Waals surface area contributed by atoms with E-state index in [9.17, 15) is 0 Å². The molecule has 21 heavy (non-hydrogen) atoms. The van der Waals surface area contributed by atoms with Crippen LogP contribution in [0.4, 0.5) is 17.3 Å². The van der Waals surface area contributed by atoms with Gasteiger partial charge in [-0.15, -0.1) is 0 Å². The Morgan fingerprint density at radius 1 is 0.905 bits per heavy atom. The zero-order valence-electron chi connectivity index (χ0n) is 11.4. The molecule has 0 aliphatic rings. The lowest BCUT2D eigenvalue weighted by molar-refractivity contribution is 1.16. The summed E-state index contributed by atoms with van der Waals surface area (Å²) in [4.78, 5) is 4.36. The first-order chi connectivity index (χ1) is 9.92. The second-order valence-electron chi connectivity index (χ2n) is 4.39. The molecule has 2 rings (SSSR count). The van der Waals surface area contributed by atoms with Crippen molar-refractivity contribution in [3.8, 4) is 0 Å². The fraction of sp³-hybridized carbons (Fsp3) is 0.214. The van der Waals surface area contributed by atoms with Gasteiger partial charge in [0.15, 0.2) is 5.82 Å². The Labute approximate surface area is 143 Å². The lowest BCUT2D eigenvalue weighted by Gasteiger charge is -2.13. The lowest BCUT2D eigenvalue weighted by atomic mass is 10.2. The first-order valence-corrected chi connectivity index (χ1v) is 7.76. The summed E-state index contributed by atoms with van der Waals surface area (Å²) in [5.74, 6) is 1.01. The first-order valence-electron chi connectivity index (χ1n) is 6.25. The van der Waals surface area contributed by atoms with Gasteiger partial charge in [-0.05, 0) is 37.6 Å². The molecule has 0 unspecified atom stereocenters. The molecule has 0 bridgehead atoms. The molecule has 2 aromatic rings. The number of benzene rings is 1. The summed E-state index contributed by atoms with van der Waals surface area (Å²) < 4.78 is 0. The Morgan fingerprint density at radius 2 is 1.57 bits per heavy atom. The van der Waals surface area contributed by atoms with E-state index in [0.29, 0.717) is 44.0 Å². The Morgan fingerprint density at radius 3 is 2.24 bits per heavy atom. The van der Waals surface area contributed by atoms with Gasteiger partial charge in [-0.1, -0.05) is 46.4 Å². The number of nitrogens with zero attached hydrogens (tertiary/aromatic N) is 1. The summed E-state index contributed by atoms with van der Waals surface area (Å²) in [6.07, 6.45) is 0. The topological polar surface area (TPSA) is 37.0 Å². The predicted octanol–water partition coefficient (Wildman–Crippen LogP) is 6.18. The number of rotatable bonds is 4. The predicted molar refractivity (Wildman–Crippen MR) is 92.9 cm³/mol. The highest BCUT2D eigenvalue weighted by Gasteiger charge is 2.11. The summed E-state index contributed by atoms with van der Waals surface area (Å²) in [7, 11) is 0. The van der Waals surface area contributed by atoms with Crippen molar-refractivity contribution in [1.29, 1.82) is 0 Å². The molecule has 0 aliphatic heterocycles. The van der Waals surface area contributed by atoms with E-state index >= 15 is 0 Å². The van der Waals surface area contributed by atoms with Crippen molar-refractivity contribution in [3.63, 3.8) is 0 Å². The summed E-state index contributed by atoms with van der Waals surface area (Å²) in [5.41, 5.74) is 1.53. The fourth-order valence-electron chi connectivity index (χ4n) is 1.72. The standard InChI is InChI=1S/C14H13Cl4N3/c1-3-19-13-10(17)5-11(18)14(21-13)20-12-6-8(15)7(2)4-9(12)16/h4-6H,3H2,1-2H3,(H2,19,20,21). The molecule has 7 heteroatoms. The van der Waals surface area contributed by atoms with Crippen LogP contribution in [0.5, 0.6) is 0 Å². The molecule has 0 atom stereocenters. The van der Waals surface area contributed by atoms with Crippen LogP contribution in [0.15, 0.2) is 18.2 Å². The zero-order valence-corrected chi connectivity index (χ0v) is 14.4. The molecule has 1 heterocycles. The number of aromatic nitrogens is 1. The van der Waals surface area contributed by atoms with Crippen molar-refractivity contribution in [3.05, 3.63) is 43.9 Å². The van der Waals surface area contributed by atoms with Crippen LogP contribution in [0, 0.1) is 6.92 Å². The van der Waals surface area contributed by atoms with Gasteiger partial charge < -0.3 is 10.6 Å². The van der Waals surface area contributed by atoms with Crippen molar-refractivity contribution >= 4 is 63.7 Å². The monoisotopic (exact) mass is 363 g/mol. The molecule has 112 valence electrons. The van der Waals surface area contributed by atoms with E-state index < -0.39 is 0 Å². The molecule has 2 N–H and O–H groups in total. The smallest absolute Gasteiger partial charge is 0.151 e. The van der Waals surface area contributed by atoms with Crippen molar-refractivity contribution in [2.24, 2.45) is 0 Å². The number of hydrogen-bond acceptors (Lipinski definition) is 3. The number of pyridine rings is 1. The van der Waals surface area contributed by atoms with Crippen LogP contribution in [0.3, 0.4) is 0 Å². The maximum Gasteiger partial charge on any atom is 0.151 e. The van der Waals surface area contributed by atoms with Gasteiger partial charge >= 0.3 is 0 Å². The van der Waals surface area contributed by atoms with Crippen LogP contribution in [0.2, 0.25) is 20.1 Å². The summed E-state index contributed by atoms with van der Waals surface area (Å²) in [6, 6.07) is 5.14. The van der Waals surface area contributed by atoms with Gasteiger partial charge in [-0.3, -0.25) is 0 Å². The zero-order chi connectivity index (χ0) is 15.6. The number of halogens is 4. The molecule has 3 nitrogen and oxygen atoms in total. The fourth-order valence-corrected chi connectivity index (χ4v) is 2.62. The molecule has 0 radical (unpaired) electrons. The van der Waals surface area contributed by atoms with Gasteiger partial charge in [0.05, 0.1) is 20.8 Å². The van der Waals surface area contributed by atoms with Crippen molar-refractivity contribution in [1.82, 2.24) is 4.98 Å². The Balaban J connectivity index is 2.39. The highest BCUT2D eigenvalue weighted by atomic mass is 35.5. The van der Waals surface area contributed by atoms with Crippen LogP contribution in [0.25, 0.3) is 0 Å². The number of aryl methyl sites for hydroxylation is 1. The maximum absolute atomic E-state index is 6.20. The minimum atomic E-state index is 0.398. The Hall–Kier alpha value is -0.870. The minimum Gasteiger partial charge on any atom is -0.369 e. The third kappa shape index (κ3) is 3.86. The normalized spacial score (nSPS) is 10.6. The molecular weight excluding hydrogens is 352 g/mol. The molecule has 0 aliphatic carbocycles. The molecule has 0 fully saturated rings. The lowest BCUT2D eigenvalue weighted by Crippen LogP contribution is -2.03. The van der Waals surface area contributed by atoms with E-state index in [2.05, 4.69) is 15.6 Å². The minimum absolute atomic E-state index is 0.398. The van der Waals surface area contributed by atoms with E-state index in [1.165, 1.54) is 0 Å². The second kappa shape index (κ2) is 6.93. The van der Waals surface area contributed by atoms with E-state index in [1.54, 1.807) is 18.2 Å². The average Bonchev–Trinajstić information content (AvgIpc) is 2.41. The van der Waals surface area contributed by atoms with Crippen LogP contribution < -0.4 is 10.6 Å². The van der Waals surface area contributed by atoms with Gasteiger partial charge in [-0.2, -0.15) is 0 Å². The average molecular weight is 365 g/mol. The van der Waals surface area contributed by atoms with E-state index in [4.69, 9.17) is 46.4 Å². The van der Waals surface area contributed by atoms with Crippen LogP contribution in [0.1, 0.15) is 12.5 Å². The SMILES string of the molecule is CCNc1nc(Nc2cc(Cl)c(C)cc2Cl)c(Cl)cc1Cl. The number of anilines is 3. The first kappa shape index (κ1) is 16.5. The molecule has 0 amide bonds. The Kier molecular flexibility index (Phi) is 5.44. The molecular formula is C14H13Cl4N3. The molecule has 1 aromatic heterocycles. The quantitative estimate of drug-likeness (QED) is 0.680. The molecule has 0 saturated carbocycles. The summed E-state index contributed by atoms with van der Waals surface area (Å²) >= 11 is 24.6. The van der Waals surface area contributed by atoms with Gasteiger partial charge in [-0.25, -0.2) is 4.98 Å². The molecule has 1 aromatic carbocycles. The highest BCUT2D eigenvalue weighted by Crippen LogP contribution is 2.35. The van der Waals surface area contributed by atoms with Crippen LogP contribution in [-0.4, -0.2) is 11.5 Å². The van der Waals surface area contributed by atoms with E-state index in [0.717, 1.165) is 5.56 Å². The van der Waals surface area contributed by atoms with Crippen molar-refractivity contribution < 1.29 is 0 Å². The number of nitrogens with one attached hydrogen (secondary N) is 2. The second-order valence-corrected chi connectivity index (χ2v) is 6.01. The third-order valence-electron chi connectivity index (χ3n) is 2.78. The van der Waals surface area contributed by atoms with Crippen molar-refractivity contribution in [2.75, 3.05) is 17.2 Å². The van der Waals surface area contributed by atoms with Crippen LogP contribution >= 0.6 is 46.4 Å². The highest BCUT2D eigenvalue weighted by molar-refractivity contribution is 6.38. The molecule has 0 spiro atoms. The Bertz CT molecular complexity index is 674. The van der Waals surface area contributed by atoms with Gasteiger partial charge in [0, 0.05) is 11.6 Å². The van der Waals surface area contributed by atoms with E-state index in [-0.39, 0.29) is 0 Å². The van der Waals surface area contributed by atoms with Gasteiger partial charge in [0.25, 0.3) is 0 Å². The van der Waals surface area contributed by atoms with E-state index in [1.807, 2.05) is 13.8 Å². The summed E-state index contributed by atoms with van der Waals surface area (Å²) in [5, 5.41) is 8.14. The maximum atomic E-state index is 6.20. The van der Waals surface area contributed by atoms with Crippen molar-refractivity contribution in [2.45, 2.75) is 13.8 Å². The van der Waals surface area contributed by atoms with Gasteiger partial charge in [0.2, 0.25) is 0 Å². The summed E-state index contributed by atoms with van der Waals surface area (Å²) in [6.45, 7) is 4.54. The molecule has 0 saturated heterocycles. The van der Waals surface area contributed by atoms with Gasteiger partial charge in [0.1, 0.15) is 5.82 Å². The largest absolute Gasteiger partial charge is 0.369 e. The van der Waals surface area contributed by atoms with Crippen LogP contribution in [-0.2, 0) is 0 Å².